The van der Waals surface area contributed by atoms with Crippen LogP contribution >= 0.6 is 0 Å². The summed E-state index contributed by atoms with van der Waals surface area (Å²) in [6.07, 6.45) is 0.472. The second-order valence-electron chi connectivity index (χ2n) is 8.45. The molecule has 0 spiro atoms. The first-order valence-electron chi connectivity index (χ1n) is 14.3. The molecule has 0 aliphatic rings. The van der Waals surface area contributed by atoms with Gasteiger partial charge in [-0.2, -0.15) is 0 Å². The number of amides is 1. The molecule has 0 aromatic carbocycles. The summed E-state index contributed by atoms with van der Waals surface area (Å²) in [5.41, 5.74) is 0. The first kappa shape index (κ1) is 40.1. The first-order valence-corrected chi connectivity index (χ1v) is 14.3. The van der Waals surface area contributed by atoms with Gasteiger partial charge in [-0.1, -0.05) is 0 Å². The van der Waals surface area contributed by atoms with Crippen molar-refractivity contribution in [2.75, 3.05) is 132 Å². The van der Waals surface area contributed by atoms with Gasteiger partial charge in [-0.25, -0.2) is 0 Å². The van der Waals surface area contributed by atoms with E-state index in [-0.39, 0.29) is 31.3 Å². The first-order chi connectivity index (χ1) is 20.5. The number of aliphatic carboxylic acids is 1. The van der Waals surface area contributed by atoms with E-state index < -0.39 is 5.97 Å². The SMILES string of the molecule is CC(=O)OCCOCCOCCOCCOCCOCCOCCOCCOCCOCCCNC(=O)CCC(=O)O. The van der Waals surface area contributed by atoms with Gasteiger partial charge in [-0.15, -0.1) is 0 Å². The molecular weight excluding hydrogens is 562 g/mol. The molecule has 42 heavy (non-hydrogen) atoms. The van der Waals surface area contributed by atoms with Crippen LogP contribution in [0.5, 0.6) is 0 Å². The normalized spacial score (nSPS) is 11.1. The van der Waals surface area contributed by atoms with Crippen LogP contribution in [0, 0.1) is 0 Å². The van der Waals surface area contributed by atoms with Crippen LogP contribution in [-0.4, -0.2) is 155 Å². The van der Waals surface area contributed by atoms with Crippen molar-refractivity contribution < 1.29 is 66.9 Å². The van der Waals surface area contributed by atoms with E-state index in [0.717, 1.165) is 0 Å². The molecule has 0 radical (unpaired) electrons. The summed E-state index contributed by atoms with van der Waals surface area (Å²) in [5.74, 6) is -1.57. The Morgan fingerprint density at radius 3 is 1.10 bits per heavy atom. The van der Waals surface area contributed by atoms with E-state index in [1.807, 2.05) is 0 Å². The number of hydrogen-bond acceptors (Lipinski definition) is 13. The molecular formula is C27H51NO14. The molecule has 1 amide bonds. The number of nitrogens with one attached hydrogen (secondary N) is 1. The van der Waals surface area contributed by atoms with E-state index in [1.54, 1.807) is 0 Å². The van der Waals surface area contributed by atoms with Crippen LogP contribution in [-0.2, 0) is 61.8 Å². The van der Waals surface area contributed by atoms with Gasteiger partial charge in [0.2, 0.25) is 5.91 Å². The van der Waals surface area contributed by atoms with Gasteiger partial charge >= 0.3 is 11.9 Å². The Kier molecular flexibility index (Phi) is 32.0. The minimum atomic E-state index is -0.985. The fourth-order valence-corrected chi connectivity index (χ4v) is 2.82. The lowest BCUT2D eigenvalue weighted by Crippen LogP contribution is -2.25. The highest BCUT2D eigenvalue weighted by atomic mass is 16.6. The van der Waals surface area contributed by atoms with Crippen molar-refractivity contribution in [2.24, 2.45) is 0 Å². The maximum atomic E-state index is 11.3. The summed E-state index contributed by atoms with van der Waals surface area (Å²) in [4.78, 5) is 32.3. The van der Waals surface area contributed by atoms with Crippen LogP contribution in [0.4, 0.5) is 0 Å². The van der Waals surface area contributed by atoms with Crippen molar-refractivity contribution >= 4 is 17.8 Å². The summed E-state index contributed by atoms with van der Waals surface area (Å²) in [6.45, 7) is 10.4. The molecule has 248 valence electrons. The van der Waals surface area contributed by atoms with Gasteiger partial charge in [-0.3, -0.25) is 14.4 Å². The minimum absolute atomic E-state index is 0.0119. The van der Waals surface area contributed by atoms with Crippen LogP contribution in [0.25, 0.3) is 0 Å². The van der Waals surface area contributed by atoms with Crippen LogP contribution in [0.1, 0.15) is 26.2 Å². The number of carboxylic acids is 1. The summed E-state index contributed by atoms with van der Waals surface area (Å²) < 4.78 is 53.3. The average molecular weight is 614 g/mol. The number of esters is 1. The smallest absolute Gasteiger partial charge is 0.303 e. The van der Waals surface area contributed by atoms with Gasteiger partial charge in [0.05, 0.1) is 119 Å². The maximum Gasteiger partial charge on any atom is 0.303 e. The lowest BCUT2D eigenvalue weighted by atomic mass is 10.3. The van der Waals surface area contributed by atoms with E-state index in [1.165, 1.54) is 6.92 Å². The van der Waals surface area contributed by atoms with Crippen LogP contribution in [0.3, 0.4) is 0 Å². The highest BCUT2D eigenvalue weighted by Gasteiger charge is 2.04. The van der Waals surface area contributed by atoms with Crippen molar-refractivity contribution in [3.8, 4) is 0 Å². The van der Waals surface area contributed by atoms with Crippen molar-refractivity contribution in [1.82, 2.24) is 5.32 Å². The largest absolute Gasteiger partial charge is 0.481 e. The molecule has 0 atom stereocenters. The second-order valence-corrected chi connectivity index (χ2v) is 8.45. The summed E-state index contributed by atoms with van der Waals surface area (Å²) >= 11 is 0. The summed E-state index contributed by atoms with van der Waals surface area (Å²) in [7, 11) is 0. The third-order valence-corrected chi connectivity index (χ3v) is 4.86. The number of ether oxygens (including phenoxy) is 10. The molecule has 0 heterocycles. The molecule has 15 nitrogen and oxygen atoms in total. The zero-order valence-corrected chi connectivity index (χ0v) is 25.0. The van der Waals surface area contributed by atoms with Crippen LogP contribution < -0.4 is 5.32 Å². The standard InChI is InChI=1S/C27H51NO14/c1-25(29)42-24-23-41-22-21-40-20-19-39-18-17-38-16-15-37-14-13-36-12-11-35-10-9-34-8-7-33-6-2-5-28-26(30)3-4-27(31)32/h2-24H2,1H3,(H,28,30)(H,31,32). The Bertz CT molecular complexity index is 626. The molecule has 0 aromatic rings. The molecule has 0 aliphatic heterocycles. The molecule has 0 rings (SSSR count). The monoisotopic (exact) mass is 613 g/mol. The Labute approximate surface area is 248 Å². The Morgan fingerprint density at radius 2 is 0.786 bits per heavy atom. The number of rotatable bonds is 34. The highest BCUT2D eigenvalue weighted by molar-refractivity contribution is 5.80. The molecule has 0 saturated carbocycles. The predicted octanol–water partition coefficient (Wildman–Crippen LogP) is 0.0700. The molecule has 15 heteroatoms. The van der Waals surface area contributed by atoms with Crippen molar-refractivity contribution in [1.29, 1.82) is 0 Å². The maximum absolute atomic E-state index is 11.3. The molecule has 2 N–H and O–H groups in total. The Balaban J connectivity index is 3.09. The number of carbonyl (C=O) groups is 3. The quantitative estimate of drug-likeness (QED) is 0.0736. The minimum Gasteiger partial charge on any atom is -0.481 e. The van der Waals surface area contributed by atoms with Gasteiger partial charge in [-0.05, 0) is 6.42 Å². The average Bonchev–Trinajstić information content (AvgIpc) is 2.96. The third-order valence-electron chi connectivity index (χ3n) is 4.86. The number of carboxylic acid groups (broad SMARTS) is 1. The highest BCUT2D eigenvalue weighted by Crippen LogP contribution is 1.90. The Morgan fingerprint density at radius 1 is 0.476 bits per heavy atom. The van der Waals surface area contributed by atoms with E-state index in [2.05, 4.69) is 5.32 Å². The van der Waals surface area contributed by atoms with Crippen LogP contribution in [0.2, 0.25) is 0 Å². The molecule has 0 saturated heterocycles. The van der Waals surface area contributed by atoms with E-state index in [4.69, 9.17) is 52.5 Å². The van der Waals surface area contributed by atoms with Gasteiger partial charge in [0.25, 0.3) is 0 Å². The van der Waals surface area contributed by atoms with Crippen molar-refractivity contribution in [3.63, 3.8) is 0 Å². The topological polar surface area (TPSA) is 176 Å². The fourth-order valence-electron chi connectivity index (χ4n) is 2.82. The molecule has 0 bridgehead atoms. The van der Waals surface area contributed by atoms with Crippen molar-refractivity contribution in [3.05, 3.63) is 0 Å². The predicted molar refractivity (Wildman–Crippen MR) is 149 cm³/mol. The second kappa shape index (κ2) is 33.6. The fraction of sp³-hybridized carbons (Fsp3) is 0.889. The van der Waals surface area contributed by atoms with Crippen molar-refractivity contribution in [2.45, 2.75) is 26.2 Å². The van der Waals surface area contributed by atoms with Gasteiger partial charge in [0.15, 0.2) is 0 Å². The summed E-state index contributed by atoms with van der Waals surface area (Å²) in [5, 5.41) is 11.2. The van der Waals surface area contributed by atoms with E-state index in [0.29, 0.717) is 132 Å². The number of carbonyl (C=O) groups excluding carboxylic acids is 2. The number of hydrogen-bond donors (Lipinski definition) is 2. The lowest BCUT2D eigenvalue weighted by Gasteiger charge is -2.09. The molecule has 0 fully saturated rings. The molecule has 0 unspecified atom stereocenters. The van der Waals surface area contributed by atoms with Gasteiger partial charge in [0, 0.05) is 26.5 Å². The zero-order chi connectivity index (χ0) is 30.8. The van der Waals surface area contributed by atoms with Gasteiger partial charge in [0.1, 0.15) is 6.61 Å². The Hall–Kier alpha value is -1.95. The lowest BCUT2D eigenvalue weighted by molar-refractivity contribution is -0.142. The summed E-state index contributed by atoms with van der Waals surface area (Å²) in [6, 6.07) is 0. The van der Waals surface area contributed by atoms with E-state index >= 15 is 0 Å². The zero-order valence-electron chi connectivity index (χ0n) is 25.0. The molecule has 0 aromatic heterocycles. The van der Waals surface area contributed by atoms with Gasteiger partial charge < -0.3 is 57.8 Å². The van der Waals surface area contributed by atoms with E-state index in [9.17, 15) is 14.4 Å². The third kappa shape index (κ3) is 36.1. The molecule has 0 aliphatic carbocycles. The van der Waals surface area contributed by atoms with Crippen LogP contribution in [0.15, 0.2) is 0 Å².